The summed E-state index contributed by atoms with van der Waals surface area (Å²) in [6.07, 6.45) is 0. The molecular weight excluding hydrogens is 248 g/mol. The maximum absolute atomic E-state index is 6.30. The van der Waals surface area contributed by atoms with Gasteiger partial charge in [0.1, 0.15) is 5.75 Å². The Bertz CT molecular complexity index is 413. The molecule has 3 nitrogen and oxygen atoms in total. The Morgan fingerprint density at radius 2 is 1.94 bits per heavy atom. The number of benzene rings is 1. The molecule has 1 aromatic carbocycles. The van der Waals surface area contributed by atoms with Gasteiger partial charge in [-0.1, -0.05) is 32.4 Å². The van der Waals surface area contributed by atoms with Crippen LogP contribution in [-0.2, 0) is 5.41 Å². The predicted octanol–water partition coefficient (Wildman–Crippen LogP) is 2.99. The lowest BCUT2D eigenvalue weighted by Crippen LogP contribution is -2.22. The smallest absolute Gasteiger partial charge is 0.141 e. The van der Waals surface area contributed by atoms with Gasteiger partial charge in [0.2, 0.25) is 0 Å². The molecule has 0 bridgehead atoms. The second-order valence-corrected chi connectivity index (χ2v) is 5.81. The minimum absolute atomic E-state index is 0.0571. The summed E-state index contributed by atoms with van der Waals surface area (Å²) in [5, 5.41) is 0.600. The van der Waals surface area contributed by atoms with Crippen LogP contribution in [0.3, 0.4) is 0 Å². The summed E-state index contributed by atoms with van der Waals surface area (Å²) in [7, 11) is 0. The van der Waals surface area contributed by atoms with E-state index in [1.165, 1.54) is 0 Å². The monoisotopic (exact) mass is 270 g/mol. The number of rotatable bonds is 4. The van der Waals surface area contributed by atoms with Gasteiger partial charge in [0, 0.05) is 18.2 Å². The molecule has 0 aliphatic rings. The highest BCUT2D eigenvalue weighted by molar-refractivity contribution is 6.32. The number of halogens is 1. The van der Waals surface area contributed by atoms with Crippen molar-refractivity contribution in [2.45, 2.75) is 39.2 Å². The average molecular weight is 271 g/mol. The van der Waals surface area contributed by atoms with Crippen molar-refractivity contribution >= 4 is 11.6 Å². The molecule has 0 aromatic heterocycles. The largest absolute Gasteiger partial charge is 0.492 e. The van der Waals surface area contributed by atoms with Crippen molar-refractivity contribution in [3.05, 3.63) is 28.3 Å². The molecule has 1 rings (SSSR count). The fraction of sp³-hybridized carbons (Fsp3) is 0.571. The molecular formula is C14H23ClN2O. The van der Waals surface area contributed by atoms with Gasteiger partial charge in [-0.05, 0) is 30.0 Å². The first-order valence-electron chi connectivity index (χ1n) is 6.23. The van der Waals surface area contributed by atoms with Gasteiger partial charge in [-0.2, -0.15) is 0 Å². The van der Waals surface area contributed by atoms with Crippen molar-refractivity contribution in [2.75, 3.05) is 13.2 Å². The first-order chi connectivity index (χ1) is 8.31. The molecule has 102 valence electrons. The molecule has 4 N–H and O–H groups in total. The van der Waals surface area contributed by atoms with Crippen molar-refractivity contribution in [3.63, 3.8) is 0 Å². The van der Waals surface area contributed by atoms with Crippen LogP contribution < -0.4 is 16.2 Å². The van der Waals surface area contributed by atoms with E-state index in [1.54, 1.807) is 0 Å². The number of hydrogen-bond acceptors (Lipinski definition) is 3. The third-order valence-corrected chi connectivity index (χ3v) is 3.13. The van der Waals surface area contributed by atoms with Gasteiger partial charge in [-0.3, -0.25) is 0 Å². The van der Waals surface area contributed by atoms with Crippen LogP contribution in [0.4, 0.5) is 0 Å². The van der Waals surface area contributed by atoms with Gasteiger partial charge in [0.25, 0.3) is 0 Å². The highest BCUT2D eigenvalue weighted by Gasteiger charge is 2.23. The topological polar surface area (TPSA) is 61.3 Å². The summed E-state index contributed by atoms with van der Waals surface area (Å²) >= 11 is 6.30. The Morgan fingerprint density at radius 3 is 2.39 bits per heavy atom. The number of hydrogen-bond donors (Lipinski definition) is 2. The lowest BCUT2D eigenvalue weighted by Gasteiger charge is -2.25. The molecule has 0 saturated heterocycles. The molecule has 0 aliphatic heterocycles. The maximum atomic E-state index is 6.30. The highest BCUT2D eigenvalue weighted by atomic mass is 35.5. The molecule has 1 atom stereocenters. The maximum Gasteiger partial charge on any atom is 0.141 e. The third kappa shape index (κ3) is 3.37. The minimum Gasteiger partial charge on any atom is -0.492 e. The fourth-order valence-electron chi connectivity index (χ4n) is 1.81. The first kappa shape index (κ1) is 15.3. The van der Waals surface area contributed by atoms with Crippen LogP contribution >= 0.6 is 11.6 Å². The van der Waals surface area contributed by atoms with Crippen molar-refractivity contribution in [1.29, 1.82) is 0 Å². The second kappa shape index (κ2) is 5.91. The van der Waals surface area contributed by atoms with Gasteiger partial charge in [0.05, 0.1) is 11.6 Å². The van der Waals surface area contributed by atoms with E-state index in [2.05, 4.69) is 26.8 Å². The van der Waals surface area contributed by atoms with E-state index in [4.69, 9.17) is 27.8 Å². The SMILES string of the molecule is CCOc1c(Cl)cc(C(N)CN)cc1C(C)(C)C. The molecule has 1 unspecified atom stereocenters. The first-order valence-corrected chi connectivity index (χ1v) is 6.61. The summed E-state index contributed by atoms with van der Waals surface area (Å²) in [5.41, 5.74) is 13.5. The van der Waals surface area contributed by atoms with Crippen molar-refractivity contribution in [3.8, 4) is 5.75 Å². The van der Waals surface area contributed by atoms with Gasteiger partial charge >= 0.3 is 0 Å². The number of ether oxygens (including phenoxy) is 1. The molecule has 0 fully saturated rings. The predicted molar refractivity (Wildman–Crippen MR) is 77.3 cm³/mol. The van der Waals surface area contributed by atoms with E-state index in [0.717, 1.165) is 16.9 Å². The summed E-state index contributed by atoms with van der Waals surface area (Å²) in [5.74, 6) is 0.750. The minimum atomic E-state index is -0.195. The van der Waals surface area contributed by atoms with E-state index in [0.29, 0.717) is 18.2 Å². The van der Waals surface area contributed by atoms with Crippen LogP contribution in [0.1, 0.15) is 44.9 Å². The van der Waals surface area contributed by atoms with E-state index in [1.807, 2.05) is 13.0 Å². The Hall–Kier alpha value is -0.770. The zero-order valence-electron chi connectivity index (χ0n) is 11.6. The molecule has 0 heterocycles. The van der Waals surface area contributed by atoms with Crippen LogP contribution in [0.2, 0.25) is 5.02 Å². The normalized spacial score (nSPS) is 13.5. The number of nitrogens with two attached hydrogens (primary N) is 2. The quantitative estimate of drug-likeness (QED) is 0.884. The molecule has 0 radical (unpaired) electrons. The van der Waals surface area contributed by atoms with Crippen LogP contribution in [0.25, 0.3) is 0 Å². The standard InChI is InChI=1S/C14H23ClN2O/c1-5-18-13-10(14(2,3)4)6-9(7-11(13)15)12(17)8-16/h6-7,12H,5,8,16-17H2,1-4H3. The van der Waals surface area contributed by atoms with Gasteiger partial charge in [-0.25, -0.2) is 0 Å². The Balaban J connectivity index is 3.37. The van der Waals surface area contributed by atoms with Crippen LogP contribution in [-0.4, -0.2) is 13.2 Å². The molecule has 0 saturated carbocycles. The highest BCUT2D eigenvalue weighted by Crippen LogP contribution is 2.38. The lowest BCUT2D eigenvalue weighted by molar-refractivity contribution is 0.330. The van der Waals surface area contributed by atoms with Crippen LogP contribution in [0, 0.1) is 0 Å². The van der Waals surface area contributed by atoms with E-state index in [-0.39, 0.29) is 11.5 Å². The third-order valence-electron chi connectivity index (χ3n) is 2.84. The zero-order chi connectivity index (χ0) is 13.9. The van der Waals surface area contributed by atoms with E-state index < -0.39 is 0 Å². The van der Waals surface area contributed by atoms with Gasteiger partial charge in [-0.15, -0.1) is 0 Å². The van der Waals surface area contributed by atoms with E-state index >= 15 is 0 Å². The summed E-state index contributed by atoms with van der Waals surface area (Å²) in [4.78, 5) is 0. The lowest BCUT2D eigenvalue weighted by atomic mass is 9.84. The van der Waals surface area contributed by atoms with Gasteiger partial charge < -0.3 is 16.2 Å². The summed E-state index contributed by atoms with van der Waals surface area (Å²) in [6.45, 7) is 9.30. The Morgan fingerprint density at radius 1 is 1.33 bits per heavy atom. The van der Waals surface area contributed by atoms with Gasteiger partial charge in [0.15, 0.2) is 0 Å². The molecule has 4 heteroatoms. The Kier molecular flexibility index (Phi) is 5.02. The summed E-state index contributed by atoms with van der Waals surface area (Å²) < 4.78 is 5.66. The fourth-order valence-corrected chi connectivity index (χ4v) is 2.10. The van der Waals surface area contributed by atoms with Crippen molar-refractivity contribution in [1.82, 2.24) is 0 Å². The van der Waals surface area contributed by atoms with Crippen molar-refractivity contribution in [2.24, 2.45) is 11.5 Å². The second-order valence-electron chi connectivity index (χ2n) is 5.40. The Labute approximate surface area is 114 Å². The molecule has 1 aromatic rings. The molecule has 0 aliphatic carbocycles. The summed E-state index contributed by atoms with van der Waals surface area (Å²) in [6, 6.07) is 3.70. The average Bonchev–Trinajstić information content (AvgIpc) is 2.29. The van der Waals surface area contributed by atoms with E-state index in [9.17, 15) is 0 Å². The van der Waals surface area contributed by atoms with Crippen molar-refractivity contribution < 1.29 is 4.74 Å². The van der Waals surface area contributed by atoms with Crippen LogP contribution in [0.5, 0.6) is 5.75 Å². The van der Waals surface area contributed by atoms with Crippen LogP contribution in [0.15, 0.2) is 12.1 Å². The molecule has 0 amide bonds. The zero-order valence-corrected chi connectivity index (χ0v) is 12.3. The molecule has 18 heavy (non-hydrogen) atoms. The molecule has 0 spiro atoms.